The Bertz CT molecular complexity index is 562. The zero-order chi connectivity index (χ0) is 13.1. The summed E-state index contributed by atoms with van der Waals surface area (Å²) in [6.45, 7) is 0. The van der Waals surface area contributed by atoms with E-state index in [1.165, 1.54) is 11.8 Å². The summed E-state index contributed by atoms with van der Waals surface area (Å²) >= 11 is 7.33. The lowest BCUT2D eigenvalue weighted by atomic mass is 9.87. The Labute approximate surface area is 115 Å². The second-order valence-electron chi connectivity index (χ2n) is 3.92. The second-order valence-corrected chi connectivity index (χ2v) is 5.17. The molecule has 2 rings (SSSR count). The van der Waals surface area contributed by atoms with E-state index >= 15 is 0 Å². The SMILES string of the molecule is CSC1=C(C#N)[C@@H](c2cccc(Cl)c2)CC(=O)N1. The number of hydrogen-bond acceptors (Lipinski definition) is 3. The van der Waals surface area contributed by atoms with E-state index in [1.807, 2.05) is 18.4 Å². The summed E-state index contributed by atoms with van der Waals surface area (Å²) in [5.41, 5.74) is 1.50. The summed E-state index contributed by atoms with van der Waals surface area (Å²) < 4.78 is 0. The fourth-order valence-electron chi connectivity index (χ4n) is 1.99. The van der Waals surface area contributed by atoms with E-state index in [-0.39, 0.29) is 18.2 Å². The summed E-state index contributed by atoms with van der Waals surface area (Å²) in [5.74, 6) is -0.270. The normalized spacial score (nSPS) is 19.4. The molecule has 0 aromatic heterocycles. The Kier molecular flexibility index (Phi) is 3.95. The first-order valence-electron chi connectivity index (χ1n) is 5.39. The number of benzene rings is 1. The van der Waals surface area contributed by atoms with Gasteiger partial charge in [0.05, 0.1) is 16.7 Å². The number of allylic oxidation sites excluding steroid dienone is 1. The Morgan fingerprint density at radius 3 is 2.94 bits per heavy atom. The van der Waals surface area contributed by atoms with Gasteiger partial charge in [0.15, 0.2) is 0 Å². The van der Waals surface area contributed by atoms with E-state index in [4.69, 9.17) is 11.6 Å². The van der Waals surface area contributed by atoms with Crippen molar-refractivity contribution in [3.63, 3.8) is 0 Å². The number of carbonyl (C=O) groups is 1. The quantitative estimate of drug-likeness (QED) is 0.905. The molecule has 1 aliphatic rings. The predicted molar refractivity (Wildman–Crippen MR) is 73.1 cm³/mol. The Balaban J connectivity index is 2.48. The van der Waals surface area contributed by atoms with Crippen LogP contribution in [0.25, 0.3) is 0 Å². The third-order valence-electron chi connectivity index (χ3n) is 2.81. The third-order valence-corrected chi connectivity index (χ3v) is 3.78. The number of nitriles is 1. The number of nitrogens with zero attached hydrogens (tertiary/aromatic N) is 1. The molecule has 0 spiro atoms. The fraction of sp³-hybridized carbons (Fsp3) is 0.231. The van der Waals surface area contributed by atoms with Crippen LogP contribution >= 0.6 is 23.4 Å². The maximum Gasteiger partial charge on any atom is 0.225 e. The molecule has 1 aliphatic heterocycles. The molecule has 1 atom stereocenters. The van der Waals surface area contributed by atoms with E-state index < -0.39 is 0 Å². The van der Waals surface area contributed by atoms with Crippen molar-refractivity contribution in [2.24, 2.45) is 0 Å². The molecule has 0 aliphatic carbocycles. The van der Waals surface area contributed by atoms with Gasteiger partial charge < -0.3 is 5.32 Å². The first kappa shape index (κ1) is 13.0. The maximum absolute atomic E-state index is 11.7. The van der Waals surface area contributed by atoms with Crippen molar-refractivity contribution in [3.8, 4) is 6.07 Å². The van der Waals surface area contributed by atoms with Gasteiger partial charge in [-0.1, -0.05) is 23.7 Å². The first-order chi connectivity index (χ1) is 8.65. The molecule has 0 bridgehead atoms. The van der Waals surface area contributed by atoms with Crippen LogP contribution in [0, 0.1) is 11.3 Å². The molecule has 0 unspecified atom stereocenters. The van der Waals surface area contributed by atoms with E-state index in [0.717, 1.165) is 5.56 Å². The molecule has 1 aromatic carbocycles. The Hall–Kier alpha value is -1.44. The minimum Gasteiger partial charge on any atom is -0.320 e. The summed E-state index contributed by atoms with van der Waals surface area (Å²) in [5, 5.41) is 13.3. The lowest BCUT2D eigenvalue weighted by molar-refractivity contribution is -0.120. The summed E-state index contributed by atoms with van der Waals surface area (Å²) in [6.07, 6.45) is 2.13. The molecular formula is C13H11ClN2OS. The number of nitrogens with one attached hydrogen (secondary N) is 1. The highest BCUT2D eigenvalue weighted by molar-refractivity contribution is 8.02. The van der Waals surface area contributed by atoms with Crippen LogP contribution < -0.4 is 5.32 Å². The third kappa shape index (κ3) is 2.53. The molecule has 3 nitrogen and oxygen atoms in total. The molecule has 1 heterocycles. The highest BCUT2D eigenvalue weighted by Gasteiger charge is 2.28. The maximum atomic E-state index is 11.7. The molecule has 0 saturated carbocycles. The molecule has 18 heavy (non-hydrogen) atoms. The molecule has 1 N–H and O–H groups in total. The Morgan fingerprint density at radius 2 is 2.33 bits per heavy atom. The number of carbonyl (C=O) groups excluding carboxylic acids is 1. The smallest absolute Gasteiger partial charge is 0.225 e. The average molecular weight is 279 g/mol. The molecule has 0 saturated heterocycles. The number of halogens is 1. The average Bonchev–Trinajstić information content (AvgIpc) is 2.37. The van der Waals surface area contributed by atoms with Gasteiger partial charge in [-0.3, -0.25) is 4.79 Å². The largest absolute Gasteiger partial charge is 0.320 e. The van der Waals surface area contributed by atoms with Gasteiger partial charge in [-0.15, -0.1) is 11.8 Å². The molecule has 1 amide bonds. The van der Waals surface area contributed by atoms with Gasteiger partial charge >= 0.3 is 0 Å². The van der Waals surface area contributed by atoms with Crippen molar-refractivity contribution in [1.82, 2.24) is 5.32 Å². The zero-order valence-electron chi connectivity index (χ0n) is 9.74. The van der Waals surface area contributed by atoms with Crippen LogP contribution in [-0.2, 0) is 4.79 Å². The fourth-order valence-corrected chi connectivity index (χ4v) is 2.81. The van der Waals surface area contributed by atoms with Crippen LogP contribution in [0.3, 0.4) is 0 Å². The lowest BCUT2D eigenvalue weighted by Gasteiger charge is -2.24. The first-order valence-corrected chi connectivity index (χ1v) is 6.99. The van der Waals surface area contributed by atoms with Crippen LogP contribution in [0.1, 0.15) is 17.9 Å². The second kappa shape index (κ2) is 5.47. The van der Waals surface area contributed by atoms with Gasteiger partial charge in [0, 0.05) is 17.4 Å². The van der Waals surface area contributed by atoms with Gasteiger partial charge in [-0.25, -0.2) is 0 Å². The van der Waals surface area contributed by atoms with E-state index in [9.17, 15) is 10.1 Å². The number of thioether (sulfide) groups is 1. The van der Waals surface area contributed by atoms with Crippen LogP contribution in [-0.4, -0.2) is 12.2 Å². The molecule has 92 valence electrons. The van der Waals surface area contributed by atoms with Crippen LogP contribution in [0.5, 0.6) is 0 Å². The Morgan fingerprint density at radius 1 is 1.56 bits per heavy atom. The van der Waals surface area contributed by atoms with Gasteiger partial charge in [0.25, 0.3) is 0 Å². The highest BCUT2D eigenvalue weighted by atomic mass is 35.5. The van der Waals surface area contributed by atoms with E-state index in [0.29, 0.717) is 15.6 Å². The minimum absolute atomic E-state index is 0.0664. The van der Waals surface area contributed by atoms with Gasteiger partial charge in [0.1, 0.15) is 0 Å². The molecule has 5 heteroatoms. The van der Waals surface area contributed by atoms with Crippen LogP contribution in [0.4, 0.5) is 0 Å². The standard InChI is InChI=1S/C13H11ClN2OS/c1-18-13-11(7-15)10(6-12(17)16-13)8-3-2-4-9(14)5-8/h2-5,10H,6H2,1H3,(H,16,17)/t10-/m1/s1. The highest BCUT2D eigenvalue weighted by Crippen LogP contribution is 2.35. The predicted octanol–water partition coefficient (Wildman–Crippen LogP) is 3.04. The lowest BCUT2D eigenvalue weighted by Crippen LogP contribution is -2.30. The van der Waals surface area contributed by atoms with Crippen molar-refractivity contribution in [1.29, 1.82) is 5.26 Å². The van der Waals surface area contributed by atoms with Crippen molar-refractivity contribution in [2.45, 2.75) is 12.3 Å². The minimum atomic E-state index is -0.204. The van der Waals surface area contributed by atoms with Gasteiger partial charge in [0.2, 0.25) is 5.91 Å². The molecule has 0 fully saturated rings. The molecule has 1 aromatic rings. The summed E-state index contributed by atoms with van der Waals surface area (Å²) in [7, 11) is 0. The van der Waals surface area contributed by atoms with Crippen molar-refractivity contribution < 1.29 is 4.79 Å². The van der Waals surface area contributed by atoms with Crippen molar-refractivity contribution >= 4 is 29.3 Å². The number of rotatable bonds is 2. The van der Waals surface area contributed by atoms with Gasteiger partial charge in [-0.2, -0.15) is 5.26 Å². The van der Waals surface area contributed by atoms with Gasteiger partial charge in [-0.05, 0) is 24.0 Å². The van der Waals surface area contributed by atoms with E-state index in [1.54, 1.807) is 12.1 Å². The topological polar surface area (TPSA) is 52.9 Å². The van der Waals surface area contributed by atoms with E-state index in [2.05, 4.69) is 11.4 Å². The van der Waals surface area contributed by atoms with Crippen LogP contribution in [0.2, 0.25) is 5.02 Å². The zero-order valence-corrected chi connectivity index (χ0v) is 11.3. The molecule has 0 radical (unpaired) electrons. The van der Waals surface area contributed by atoms with Crippen LogP contribution in [0.15, 0.2) is 34.9 Å². The number of hydrogen-bond donors (Lipinski definition) is 1. The van der Waals surface area contributed by atoms with Crippen molar-refractivity contribution in [3.05, 3.63) is 45.5 Å². The summed E-state index contributed by atoms with van der Waals surface area (Å²) in [6, 6.07) is 9.50. The molecular weight excluding hydrogens is 268 g/mol. The monoisotopic (exact) mass is 278 g/mol. The van der Waals surface area contributed by atoms with Crippen molar-refractivity contribution in [2.75, 3.05) is 6.26 Å². The summed E-state index contributed by atoms with van der Waals surface area (Å²) in [4.78, 5) is 11.7. The number of amides is 1.